The van der Waals surface area contributed by atoms with Crippen LogP contribution in [0.1, 0.15) is 31.9 Å². The third-order valence-electron chi connectivity index (χ3n) is 3.11. The Bertz CT molecular complexity index is 579. The molecule has 2 aromatic rings. The Morgan fingerprint density at radius 2 is 1.94 bits per heavy atom. The van der Waals surface area contributed by atoms with Crippen LogP contribution in [0.25, 0.3) is 11.3 Å². The number of nitrogens with zero attached hydrogens (tertiary/aromatic N) is 1. The van der Waals surface area contributed by atoms with E-state index in [-0.39, 0.29) is 5.41 Å². The van der Waals surface area contributed by atoms with Crippen molar-refractivity contribution in [3.05, 3.63) is 33.8 Å². The minimum atomic E-state index is 0.125. The van der Waals surface area contributed by atoms with E-state index in [1.54, 1.807) is 0 Å². The highest BCUT2D eigenvalue weighted by Crippen LogP contribution is 2.34. The number of nitrogens with one attached hydrogen (secondary N) is 1. The highest BCUT2D eigenvalue weighted by molar-refractivity contribution is 9.10. The summed E-state index contributed by atoms with van der Waals surface area (Å²) < 4.78 is 0.830. The molecule has 0 fully saturated rings. The van der Waals surface area contributed by atoms with Crippen molar-refractivity contribution >= 4 is 21.7 Å². The van der Waals surface area contributed by atoms with Crippen molar-refractivity contribution in [3.8, 4) is 11.3 Å². The zero-order chi connectivity index (χ0) is 13.5. The molecule has 0 saturated carbocycles. The van der Waals surface area contributed by atoms with E-state index >= 15 is 0 Å². The van der Waals surface area contributed by atoms with Gasteiger partial charge in [0.2, 0.25) is 0 Å². The highest BCUT2D eigenvalue weighted by Gasteiger charge is 2.17. The Kier molecular flexibility index (Phi) is 3.23. The van der Waals surface area contributed by atoms with E-state index in [9.17, 15) is 0 Å². The number of hydrogen-bond acceptors (Lipinski definition) is 2. The van der Waals surface area contributed by atoms with Crippen molar-refractivity contribution in [1.82, 2.24) is 10.2 Å². The number of nitrogens with two attached hydrogens (primary N) is 1. The SMILES string of the molecule is Cc1ccc(C(C)(C)C)cc1-c1[nH]nc(N)c1Br. The first kappa shape index (κ1) is 13.1. The molecule has 0 atom stereocenters. The van der Waals surface area contributed by atoms with Gasteiger partial charge in [0, 0.05) is 5.56 Å². The van der Waals surface area contributed by atoms with Crippen molar-refractivity contribution < 1.29 is 0 Å². The standard InChI is InChI=1S/C14H18BrN3/c1-8-5-6-9(14(2,3)4)7-10(8)12-11(15)13(16)18-17-12/h5-7H,1-4H3,(H3,16,17,18). The molecule has 1 heterocycles. The molecular weight excluding hydrogens is 290 g/mol. The number of aromatic nitrogens is 2. The molecule has 0 aliphatic carbocycles. The van der Waals surface area contributed by atoms with Gasteiger partial charge in [-0.05, 0) is 45.5 Å². The van der Waals surface area contributed by atoms with Gasteiger partial charge in [-0.1, -0.05) is 32.9 Å². The summed E-state index contributed by atoms with van der Waals surface area (Å²) in [6, 6.07) is 6.51. The average molecular weight is 308 g/mol. The fourth-order valence-electron chi connectivity index (χ4n) is 1.88. The molecule has 0 radical (unpaired) electrons. The fourth-order valence-corrected chi connectivity index (χ4v) is 2.27. The van der Waals surface area contributed by atoms with Crippen molar-refractivity contribution in [2.24, 2.45) is 0 Å². The predicted octanol–water partition coefficient (Wildman–Crippen LogP) is 4.03. The first-order valence-electron chi connectivity index (χ1n) is 5.91. The number of anilines is 1. The number of benzene rings is 1. The first-order chi connectivity index (χ1) is 8.30. The molecule has 2 rings (SSSR count). The molecule has 0 unspecified atom stereocenters. The maximum absolute atomic E-state index is 5.76. The van der Waals surface area contributed by atoms with Crippen molar-refractivity contribution in [1.29, 1.82) is 0 Å². The number of nitrogen functional groups attached to an aromatic ring is 1. The summed E-state index contributed by atoms with van der Waals surface area (Å²) in [5.41, 5.74) is 10.5. The average Bonchev–Trinajstić information content (AvgIpc) is 2.59. The lowest BCUT2D eigenvalue weighted by Crippen LogP contribution is -2.11. The zero-order valence-corrected chi connectivity index (χ0v) is 12.7. The normalized spacial score (nSPS) is 11.8. The van der Waals surface area contributed by atoms with Gasteiger partial charge in [0.25, 0.3) is 0 Å². The van der Waals surface area contributed by atoms with Crippen LogP contribution < -0.4 is 5.73 Å². The Morgan fingerprint density at radius 1 is 1.28 bits per heavy atom. The van der Waals surface area contributed by atoms with Gasteiger partial charge in [-0.25, -0.2) is 0 Å². The van der Waals surface area contributed by atoms with E-state index in [0.29, 0.717) is 5.82 Å². The molecule has 0 amide bonds. The van der Waals surface area contributed by atoms with Crippen LogP contribution in [0.3, 0.4) is 0 Å². The number of hydrogen-bond donors (Lipinski definition) is 2. The van der Waals surface area contributed by atoms with Crippen LogP contribution in [0.15, 0.2) is 22.7 Å². The van der Waals surface area contributed by atoms with Crippen molar-refractivity contribution in [2.75, 3.05) is 5.73 Å². The molecule has 0 bridgehead atoms. The summed E-state index contributed by atoms with van der Waals surface area (Å²) in [4.78, 5) is 0. The lowest BCUT2D eigenvalue weighted by atomic mass is 9.85. The number of H-pyrrole nitrogens is 1. The Balaban J connectivity index is 2.61. The third-order valence-corrected chi connectivity index (χ3v) is 3.91. The van der Waals surface area contributed by atoms with E-state index in [1.807, 2.05) is 0 Å². The quantitative estimate of drug-likeness (QED) is 0.836. The van der Waals surface area contributed by atoms with Crippen LogP contribution >= 0.6 is 15.9 Å². The minimum Gasteiger partial charge on any atom is -0.381 e. The molecule has 96 valence electrons. The van der Waals surface area contributed by atoms with Crippen LogP contribution in [0.5, 0.6) is 0 Å². The summed E-state index contributed by atoms with van der Waals surface area (Å²) >= 11 is 3.48. The minimum absolute atomic E-state index is 0.125. The molecule has 0 spiro atoms. The van der Waals surface area contributed by atoms with E-state index in [0.717, 1.165) is 15.7 Å². The second kappa shape index (κ2) is 4.43. The number of aryl methyl sites for hydroxylation is 1. The maximum atomic E-state index is 5.76. The van der Waals surface area contributed by atoms with Crippen molar-refractivity contribution in [3.63, 3.8) is 0 Å². The largest absolute Gasteiger partial charge is 0.381 e. The third kappa shape index (κ3) is 2.29. The van der Waals surface area contributed by atoms with E-state index in [2.05, 4.69) is 72.0 Å². The van der Waals surface area contributed by atoms with Gasteiger partial charge in [-0.15, -0.1) is 0 Å². The van der Waals surface area contributed by atoms with Gasteiger partial charge < -0.3 is 5.73 Å². The Morgan fingerprint density at radius 3 is 2.44 bits per heavy atom. The molecule has 0 saturated heterocycles. The van der Waals surface area contributed by atoms with Crippen LogP contribution in [0.4, 0.5) is 5.82 Å². The molecule has 4 heteroatoms. The van der Waals surface area contributed by atoms with Gasteiger partial charge in [-0.3, -0.25) is 5.10 Å². The molecule has 3 nitrogen and oxygen atoms in total. The van der Waals surface area contributed by atoms with Gasteiger partial charge >= 0.3 is 0 Å². The van der Waals surface area contributed by atoms with Crippen LogP contribution in [-0.4, -0.2) is 10.2 Å². The lowest BCUT2D eigenvalue weighted by Gasteiger charge is -2.20. The van der Waals surface area contributed by atoms with Gasteiger partial charge in [0.1, 0.15) is 0 Å². The van der Waals surface area contributed by atoms with E-state index in [4.69, 9.17) is 5.73 Å². The zero-order valence-electron chi connectivity index (χ0n) is 11.1. The van der Waals surface area contributed by atoms with Crippen LogP contribution in [0, 0.1) is 6.92 Å². The number of halogens is 1. The molecular formula is C14H18BrN3. The van der Waals surface area contributed by atoms with Gasteiger partial charge in [0.15, 0.2) is 5.82 Å². The number of aromatic amines is 1. The Hall–Kier alpha value is -1.29. The smallest absolute Gasteiger partial charge is 0.160 e. The lowest BCUT2D eigenvalue weighted by molar-refractivity contribution is 0.590. The Labute approximate surface area is 116 Å². The predicted molar refractivity (Wildman–Crippen MR) is 79.6 cm³/mol. The van der Waals surface area contributed by atoms with E-state index < -0.39 is 0 Å². The summed E-state index contributed by atoms with van der Waals surface area (Å²) in [6.45, 7) is 8.71. The summed E-state index contributed by atoms with van der Waals surface area (Å²) in [5.74, 6) is 0.491. The molecule has 0 aliphatic rings. The van der Waals surface area contributed by atoms with Gasteiger partial charge in [-0.2, -0.15) is 5.10 Å². The second-order valence-corrected chi connectivity index (χ2v) is 6.37. The van der Waals surface area contributed by atoms with Crippen LogP contribution in [-0.2, 0) is 5.41 Å². The monoisotopic (exact) mass is 307 g/mol. The van der Waals surface area contributed by atoms with Gasteiger partial charge in [0.05, 0.1) is 10.2 Å². The number of rotatable bonds is 1. The second-order valence-electron chi connectivity index (χ2n) is 5.58. The summed E-state index contributed by atoms with van der Waals surface area (Å²) in [6.07, 6.45) is 0. The molecule has 3 N–H and O–H groups in total. The van der Waals surface area contributed by atoms with E-state index in [1.165, 1.54) is 11.1 Å². The molecule has 0 aliphatic heterocycles. The summed E-state index contributed by atoms with van der Waals surface area (Å²) in [5, 5.41) is 7.02. The summed E-state index contributed by atoms with van der Waals surface area (Å²) in [7, 11) is 0. The first-order valence-corrected chi connectivity index (χ1v) is 6.71. The molecule has 1 aromatic carbocycles. The maximum Gasteiger partial charge on any atom is 0.160 e. The molecule has 18 heavy (non-hydrogen) atoms. The highest BCUT2D eigenvalue weighted by atomic mass is 79.9. The van der Waals surface area contributed by atoms with Crippen LogP contribution in [0.2, 0.25) is 0 Å². The topological polar surface area (TPSA) is 54.7 Å². The fraction of sp³-hybridized carbons (Fsp3) is 0.357. The molecule has 1 aromatic heterocycles. The van der Waals surface area contributed by atoms with Crippen molar-refractivity contribution in [2.45, 2.75) is 33.1 Å².